The van der Waals surface area contributed by atoms with Gasteiger partial charge < -0.3 is 19.3 Å². The minimum absolute atomic E-state index is 0.0593. The molecule has 2 heterocycles. The molecule has 0 saturated carbocycles. The van der Waals surface area contributed by atoms with Crippen LogP contribution in [0.25, 0.3) is 0 Å². The third kappa shape index (κ3) is 2.42. The van der Waals surface area contributed by atoms with Crippen LogP contribution in [0.1, 0.15) is 22.5 Å². The zero-order valence-electron chi connectivity index (χ0n) is 13.7. The molecule has 0 saturated heterocycles. The summed E-state index contributed by atoms with van der Waals surface area (Å²) >= 11 is 0. The standard InChI is InChI=1S/C17H15F3N2O4/c1-24-11-4-2-10(3-5-11)9-22-12-8-13(23)16(25-6-7-26-16)14(12)15(21-22)17(18,19)20/h2-7,13,23H,8-9H2,1H3. The van der Waals surface area contributed by atoms with E-state index >= 15 is 0 Å². The fourth-order valence-corrected chi connectivity index (χ4v) is 3.35. The van der Waals surface area contributed by atoms with Crippen LogP contribution in [0.15, 0.2) is 36.8 Å². The number of rotatable bonds is 3. The van der Waals surface area contributed by atoms with Crippen molar-refractivity contribution in [1.82, 2.24) is 9.78 Å². The van der Waals surface area contributed by atoms with E-state index in [1.54, 1.807) is 24.3 Å². The number of ether oxygens (including phenoxy) is 3. The molecule has 0 bridgehead atoms. The number of aliphatic hydroxyl groups excluding tert-OH is 1. The predicted octanol–water partition coefficient (Wildman–Crippen LogP) is 2.55. The van der Waals surface area contributed by atoms with E-state index in [0.717, 1.165) is 18.1 Å². The van der Waals surface area contributed by atoms with E-state index in [1.807, 2.05) is 0 Å². The van der Waals surface area contributed by atoms with Crippen molar-refractivity contribution in [2.75, 3.05) is 7.11 Å². The van der Waals surface area contributed by atoms with Crippen LogP contribution in [-0.4, -0.2) is 28.1 Å². The van der Waals surface area contributed by atoms with Gasteiger partial charge >= 0.3 is 12.0 Å². The molecule has 1 aromatic heterocycles. The number of alkyl halides is 3. The van der Waals surface area contributed by atoms with Gasteiger partial charge in [-0.05, 0) is 17.7 Å². The summed E-state index contributed by atoms with van der Waals surface area (Å²) in [4.78, 5) is 0. The van der Waals surface area contributed by atoms with Crippen molar-refractivity contribution in [3.05, 3.63) is 59.3 Å². The third-order valence-corrected chi connectivity index (χ3v) is 4.53. The van der Waals surface area contributed by atoms with Gasteiger partial charge in [0.15, 0.2) is 5.69 Å². The van der Waals surface area contributed by atoms with Gasteiger partial charge in [-0.3, -0.25) is 4.68 Å². The zero-order chi connectivity index (χ0) is 18.5. The number of nitrogens with zero attached hydrogens (tertiary/aromatic N) is 2. The molecule has 1 N–H and O–H groups in total. The van der Waals surface area contributed by atoms with E-state index in [1.165, 1.54) is 11.8 Å². The summed E-state index contributed by atoms with van der Waals surface area (Å²) in [6.45, 7) is 0.110. The van der Waals surface area contributed by atoms with Gasteiger partial charge in [0, 0.05) is 6.42 Å². The molecule has 1 spiro atoms. The van der Waals surface area contributed by atoms with Crippen LogP contribution in [0.5, 0.6) is 5.75 Å². The molecule has 26 heavy (non-hydrogen) atoms. The van der Waals surface area contributed by atoms with Gasteiger partial charge in [0.2, 0.25) is 0 Å². The molecule has 1 aromatic carbocycles. The number of methoxy groups -OCH3 is 1. The largest absolute Gasteiger partial charge is 0.497 e. The fourth-order valence-electron chi connectivity index (χ4n) is 3.35. The molecule has 2 aromatic rings. The van der Waals surface area contributed by atoms with Gasteiger partial charge in [-0.1, -0.05) is 12.1 Å². The molecule has 9 heteroatoms. The SMILES string of the molecule is COc1ccc(Cn2nc(C(F)(F)F)c3c2CC(O)C32OC=CO2)cc1. The first-order valence-corrected chi connectivity index (χ1v) is 7.84. The Kier molecular flexibility index (Phi) is 3.65. The van der Waals surface area contributed by atoms with Gasteiger partial charge in [-0.2, -0.15) is 18.3 Å². The molecule has 1 unspecified atom stereocenters. The smallest absolute Gasteiger partial charge is 0.435 e. The van der Waals surface area contributed by atoms with Crippen molar-refractivity contribution in [2.24, 2.45) is 0 Å². The quantitative estimate of drug-likeness (QED) is 0.902. The number of benzene rings is 1. The topological polar surface area (TPSA) is 65.7 Å². The summed E-state index contributed by atoms with van der Waals surface area (Å²) in [6, 6.07) is 6.91. The Morgan fingerprint density at radius 3 is 2.50 bits per heavy atom. The maximum atomic E-state index is 13.6. The Labute approximate surface area is 146 Å². The molecule has 6 nitrogen and oxygen atoms in total. The molecule has 2 aliphatic rings. The first-order chi connectivity index (χ1) is 12.3. The molecular formula is C17H15F3N2O4. The van der Waals surface area contributed by atoms with Gasteiger partial charge in [0.25, 0.3) is 0 Å². The molecule has 1 aliphatic heterocycles. The Balaban J connectivity index is 1.78. The monoisotopic (exact) mass is 368 g/mol. The highest BCUT2D eigenvalue weighted by Crippen LogP contribution is 2.49. The summed E-state index contributed by atoms with van der Waals surface area (Å²) < 4.78 is 57.5. The minimum Gasteiger partial charge on any atom is -0.497 e. The normalized spacial score (nSPS) is 20.1. The Hall–Kier alpha value is -2.68. The highest BCUT2D eigenvalue weighted by atomic mass is 19.4. The first-order valence-electron chi connectivity index (χ1n) is 7.84. The highest BCUT2D eigenvalue weighted by molar-refractivity contribution is 5.41. The number of aromatic nitrogens is 2. The first kappa shape index (κ1) is 16.8. The number of halogens is 3. The zero-order valence-corrected chi connectivity index (χ0v) is 13.7. The second-order valence-corrected chi connectivity index (χ2v) is 6.07. The average Bonchev–Trinajstić information content (AvgIpc) is 3.28. The molecule has 138 valence electrons. The molecule has 1 aliphatic carbocycles. The molecule has 4 rings (SSSR count). The molecule has 1 atom stereocenters. The van der Waals surface area contributed by atoms with Gasteiger partial charge in [0.05, 0.1) is 24.9 Å². The lowest BCUT2D eigenvalue weighted by molar-refractivity contribution is -0.213. The Bertz CT molecular complexity index is 850. The highest BCUT2D eigenvalue weighted by Gasteiger charge is 2.59. The average molecular weight is 368 g/mol. The Morgan fingerprint density at radius 2 is 1.92 bits per heavy atom. The van der Waals surface area contributed by atoms with Crippen molar-refractivity contribution in [3.63, 3.8) is 0 Å². The maximum Gasteiger partial charge on any atom is 0.435 e. The van der Waals surface area contributed by atoms with Crippen molar-refractivity contribution in [2.45, 2.75) is 31.0 Å². The maximum absolute atomic E-state index is 13.6. The molecule has 0 fully saturated rings. The van der Waals surface area contributed by atoms with Crippen LogP contribution in [0.2, 0.25) is 0 Å². The number of aliphatic hydroxyl groups is 1. The summed E-state index contributed by atoms with van der Waals surface area (Å²) in [7, 11) is 1.53. The second-order valence-electron chi connectivity index (χ2n) is 6.07. The fraction of sp³-hybridized carbons (Fsp3) is 0.353. The number of hydrogen-bond donors (Lipinski definition) is 1. The lowest BCUT2D eigenvalue weighted by atomic mass is 10.1. The predicted molar refractivity (Wildman–Crippen MR) is 82.0 cm³/mol. The summed E-state index contributed by atoms with van der Waals surface area (Å²) in [6.07, 6.45) is -3.79. The molecule has 0 radical (unpaired) electrons. The Morgan fingerprint density at radius 1 is 1.27 bits per heavy atom. The van der Waals surface area contributed by atoms with Crippen molar-refractivity contribution in [3.8, 4) is 5.75 Å². The van der Waals surface area contributed by atoms with Crippen molar-refractivity contribution >= 4 is 0 Å². The van der Waals surface area contributed by atoms with Gasteiger partial charge in [-0.15, -0.1) is 0 Å². The lowest BCUT2D eigenvalue weighted by Crippen LogP contribution is -2.38. The minimum atomic E-state index is -4.71. The summed E-state index contributed by atoms with van der Waals surface area (Å²) in [5.41, 5.74) is -0.395. The number of fused-ring (bicyclic) bond motifs is 2. The summed E-state index contributed by atoms with van der Waals surface area (Å²) in [5.74, 6) is -1.25. The van der Waals surface area contributed by atoms with Crippen molar-refractivity contribution < 1.29 is 32.5 Å². The van der Waals surface area contributed by atoms with E-state index < -0.39 is 23.8 Å². The van der Waals surface area contributed by atoms with E-state index in [0.29, 0.717) is 5.75 Å². The van der Waals surface area contributed by atoms with E-state index in [2.05, 4.69) is 5.10 Å². The van der Waals surface area contributed by atoms with Crippen molar-refractivity contribution in [1.29, 1.82) is 0 Å². The van der Waals surface area contributed by atoms with Gasteiger partial charge in [0.1, 0.15) is 24.4 Å². The van der Waals surface area contributed by atoms with Crippen LogP contribution in [-0.2, 0) is 34.4 Å². The van der Waals surface area contributed by atoms with Gasteiger partial charge in [-0.25, -0.2) is 0 Å². The molecular weight excluding hydrogens is 353 g/mol. The van der Waals surface area contributed by atoms with Crippen LogP contribution in [0, 0.1) is 0 Å². The summed E-state index contributed by atoms with van der Waals surface area (Å²) in [5, 5.41) is 14.1. The van der Waals surface area contributed by atoms with Crippen LogP contribution >= 0.6 is 0 Å². The van der Waals surface area contributed by atoms with E-state index in [-0.39, 0.29) is 24.2 Å². The third-order valence-electron chi connectivity index (χ3n) is 4.53. The van der Waals surface area contributed by atoms with Crippen LogP contribution in [0.3, 0.4) is 0 Å². The second kappa shape index (κ2) is 5.66. The van der Waals surface area contributed by atoms with E-state index in [9.17, 15) is 18.3 Å². The molecule has 0 amide bonds. The number of hydrogen-bond acceptors (Lipinski definition) is 5. The van der Waals surface area contributed by atoms with Crippen LogP contribution < -0.4 is 4.74 Å². The van der Waals surface area contributed by atoms with Crippen LogP contribution in [0.4, 0.5) is 13.2 Å². The van der Waals surface area contributed by atoms with E-state index in [4.69, 9.17) is 14.2 Å². The lowest BCUT2D eigenvalue weighted by Gasteiger charge is -2.27.